The van der Waals surface area contributed by atoms with Crippen LogP contribution in [0.15, 0.2) is 18.5 Å². The van der Waals surface area contributed by atoms with Gasteiger partial charge >= 0.3 is 12.1 Å². The molecule has 2 atom stereocenters. The Bertz CT molecular complexity index is 559. The van der Waals surface area contributed by atoms with Crippen LogP contribution in [0, 0.1) is 0 Å². The van der Waals surface area contributed by atoms with Gasteiger partial charge in [0.05, 0.1) is 24.8 Å². The molecule has 2 rings (SSSR count). The van der Waals surface area contributed by atoms with E-state index < -0.39 is 11.7 Å². The zero-order chi connectivity index (χ0) is 17.0. The minimum absolute atomic E-state index is 0.00324. The summed E-state index contributed by atoms with van der Waals surface area (Å²) in [5, 5.41) is 2.98. The Morgan fingerprint density at radius 1 is 1.26 bits per heavy atom. The quantitative estimate of drug-likeness (QED) is 0.867. The van der Waals surface area contributed by atoms with Crippen molar-refractivity contribution in [3.05, 3.63) is 24.0 Å². The molecule has 1 aliphatic carbocycles. The molecule has 1 saturated carbocycles. The van der Waals surface area contributed by atoms with Crippen LogP contribution >= 0.6 is 0 Å². The van der Waals surface area contributed by atoms with E-state index >= 15 is 0 Å². The van der Waals surface area contributed by atoms with Crippen molar-refractivity contribution in [1.82, 2.24) is 9.88 Å². The summed E-state index contributed by atoms with van der Waals surface area (Å²) in [4.78, 5) is 23.6. The zero-order valence-corrected chi connectivity index (χ0v) is 14.3. The van der Waals surface area contributed by atoms with Crippen molar-refractivity contribution in [3.63, 3.8) is 0 Å². The SMILES string of the molecule is COC(=O)c1ccn([C@@H]2CCCC[C@H]2NC(=O)OC(C)(C)C)c1. The van der Waals surface area contributed by atoms with Gasteiger partial charge in [-0.2, -0.15) is 0 Å². The van der Waals surface area contributed by atoms with Gasteiger partial charge in [0, 0.05) is 12.4 Å². The van der Waals surface area contributed by atoms with Crippen LogP contribution in [0.5, 0.6) is 0 Å². The van der Waals surface area contributed by atoms with E-state index in [2.05, 4.69) is 5.32 Å². The number of aromatic nitrogens is 1. The van der Waals surface area contributed by atoms with Gasteiger partial charge in [-0.25, -0.2) is 9.59 Å². The average molecular weight is 322 g/mol. The number of nitrogens with one attached hydrogen (secondary N) is 1. The van der Waals surface area contributed by atoms with Crippen LogP contribution in [-0.4, -0.2) is 35.4 Å². The number of carbonyl (C=O) groups excluding carboxylic acids is 2. The molecule has 6 heteroatoms. The Labute approximate surface area is 137 Å². The van der Waals surface area contributed by atoms with Gasteiger partial charge in [-0.15, -0.1) is 0 Å². The highest BCUT2D eigenvalue weighted by Gasteiger charge is 2.29. The van der Waals surface area contributed by atoms with Crippen LogP contribution in [0.4, 0.5) is 4.79 Å². The van der Waals surface area contributed by atoms with Gasteiger partial charge < -0.3 is 19.4 Å². The average Bonchev–Trinajstić information content (AvgIpc) is 2.94. The predicted molar refractivity (Wildman–Crippen MR) is 86.4 cm³/mol. The number of esters is 1. The fourth-order valence-electron chi connectivity index (χ4n) is 2.95. The molecule has 1 heterocycles. The lowest BCUT2D eigenvalue weighted by Crippen LogP contribution is -2.44. The Morgan fingerprint density at radius 3 is 2.61 bits per heavy atom. The summed E-state index contributed by atoms with van der Waals surface area (Å²) in [5.74, 6) is -0.351. The van der Waals surface area contributed by atoms with Gasteiger partial charge in [-0.3, -0.25) is 0 Å². The third-order valence-corrected chi connectivity index (χ3v) is 3.95. The monoisotopic (exact) mass is 322 g/mol. The molecule has 1 aliphatic rings. The number of methoxy groups -OCH3 is 1. The van der Waals surface area contributed by atoms with E-state index in [1.165, 1.54) is 7.11 Å². The standard InChI is InChI=1S/C17H26N2O4/c1-17(2,3)23-16(21)18-13-7-5-6-8-14(13)19-10-9-12(11-19)15(20)22-4/h9-11,13-14H,5-8H2,1-4H3,(H,18,21)/t13-,14-/m1/s1. The number of amides is 1. The predicted octanol–water partition coefficient (Wildman–Crippen LogP) is 3.28. The van der Waals surface area contributed by atoms with Crippen LogP contribution in [0.1, 0.15) is 62.9 Å². The van der Waals surface area contributed by atoms with Crippen LogP contribution < -0.4 is 5.32 Å². The van der Waals surface area contributed by atoms with E-state index in [1.807, 2.05) is 31.5 Å². The van der Waals surface area contributed by atoms with Gasteiger partial charge in [-0.1, -0.05) is 12.8 Å². The molecule has 23 heavy (non-hydrogen) atoms. The lowest BCUT2D eigenvalue weighted by Gasteiger charge is -2.33. The van der Waals surface area contributed by atoms with E-state index in [0.717, 1.165) is 25.7 Å². The van der Waals surface area contributed by atoms with Crippen molar-refractivity contribution in [3.8, 4) is 0 Å². The maximum Gasteiger partial charge on any atom is 0.407 e. The normalized spacial score (nSPS) is 21.6. The van der Waals surface area contributed by atoms with Crippen LogP contribution in [-0.2, 0) is 9.47 Å². The first-order valence-corrected chi connectivity index (χ1v) is 8.05. The third-order valence-electron chi connectivity index (χ3n) is 3.95. The topological polar surface area (TPSA) is 69.6 Å². The molecule has 0 radical (unpaired) electrons. The summed E-state index contributed by atoms with van der Waals surface area (Å²) in [6.45, 7) is 5.54. The van der Waals surface area contributed by atoms with E-state index in [0.29, 0.717) is 5.56 Å². The molecule has 1 aromatic rings. The molecular weight excluding hydrogens is 296 g/mol. The summed E-state index contributed by atoms with van der Waals surface area (Å²) < 4.78 is 12.1. The molecule has 0 saturated heterocycles. The smallest absolute Gasteiger partial charge is 0.407 e. The Balaban J connectivity index is 2.07. The molecule has 0 aromatic carbocycles. The minimum Gasteiger partial charge on any atom is -0.465 e. The van der Waals surface area contributed by atoms with Gasteiger partial charge in [-0.05, 0) is 39.7 Å². The first kappa shape index (κ1) is 17.4. The fourth-order valence-corrected chi connectivity index (χ4v) is 2.95. The molecule has 128 valence electrons. The van der Waals surface area contributed by atoms with E-state index in [4.69, 9.17) is 9.47 Å². The number of hydrogen-bond acceptors (Lipinski definition) is 4. The molecular formula is C17H26N2O4. The maximum atomic E-state index is 12.0. The van der Waals surface area contributed by atoms with Crippen molar-refractivity contribution in [2.24, 2.45) is 0 Å². The van der Waals surface area contributed by atoms with Crippen LogP contribution in [0.25, 0.3) is 0 Å². The molecule has 6 nitrogen and oxygen atoms in total. The first-order valence-electron chi connectivity index (χ1n) is 8.05. The van der Waals surface area contributed by atoms with Crippen molar-refractivity contribution < 1.29 is 19.1 Å². The highest BCUT2D eigenvalue weighted by molar-refractivity contribution is 5.89. The largest absolute Gasteiger partial charge is 0.465 e. The van der Waals surface area contributed by atoms with Gasteiger partial charge in [0.25, 0.3) is 0 Å². The van der Waals surface area contributed by atoms with Crippen molar-refractivity contribution in [2.75, 3.05) is 7.11 Å². The van der Waals surface area contributed by atoms with Crippen LogP contribution in [0.2, 0.25) is 0 Å². The lowest BCUT2D eigenvalue weighted by atomic mass is 9.90. The van der Waals surface area contributed by atoms with Crippen molar-refractivity contribution in [2.45, 2.75) is 64.1 Å². The second-order valence-electron chi connectivity index (χ2n) is 6.94. The minimum atomic E-state index is -0.514. The van der Waals surface area contributed by atoms with Crippen molar-refractivity contribution >= 4 is 12.1 Å². The summed E-state index contributed by atoms with van der Waals surface area (Å²) in [6, 6.07) is 1.86. The molecule has 0 bridgehead atoms. The Hall–Kier alpha value is -1.98. The highest BCUT2D eigenvalue weighted by Crippen LogP contribution is 2.29. The summed E-state index contributed by atoms with van der Waals surface area (Å²) in [5.41, 5.74) is 0.00817. The number of alkyl carbamates (subject to hydrolysis) is 1. The van der Waals surface area contributed by atoms with E-state index in [-0.39, 0.29) is 18.1 Å². The second-order valence-corrected chi connectivity index (χ2v) is 6.94. The van der Waals surface area contributed by atoms with Gasteiger partial charge in [0.2, 0.25) is 0 Å². The Kier molecular flexibility index (Phi) is 5.34. The first-order chi connectivity index (χ1) is 10.8. The summed E-state index contributed by atoms with van der Waals surface area (Å²) in [7, 11) is 1.37. The van der Waals surface area contributed by atoms with Gasteiger partial charge in [0.1, 0.15) is 5.60 Å². The number of nitrogens with zero attached hydrogens (tertiary/aromatic N) is 1. The van der Waals surface area contributed by atoms with Crippen LogP contribution in [0.3, 0.4) is 0 Å². The molecule has 1 aromatic heterocycles. The fraction of sp³-hybridized carbons (Fsp3) is 0.647. The summed E-state index contributed by atoms with van der Waals surface area (Å²) in [6.07, 6.45) is 7.28. The number of rotatable bonds is 3. The molecule has 0 aliphatic heterocycles. The Morgan fingerprint density at radius 2 is 1.96 bits per heavy atom. The van der Waals surface area contributed by atoms with Gasteiger partial charge in [0.15, 0.2) is 0 Å². The van der Waals surface area contributed by atoms with E-state index in [1.54, 1.807) is 12.3 Å². The summed E-state index contributed by atoms with van der Waals surface area (Å²) >= 11 is 0. The highest BCUT2D eigenvalue weighted by atomic mass is 16.6. The lowest BCUT2D eigenvalue weighted by molar-refractivity contribution is 0.0470. The van der Waals surface area contributed by atoms with E-state index in [9.17, 15) is 9.59 Å². The second kappa shape index (κ2) is 7.06. The molecule has 1 amide bonds. The molecule has 0 unspecified atom stereocenters. The zero-order valence-electron chi connectivity index (χ0n) is 14.3. The number of hydrogen-bond donors (Lipinski definition) is 1. The number of ether oxygens (including phenoxy) is 2. The maximum absolute atomic E-state index is 12.0. The molecule has 1 fully saturated rings. The molecule has 1 N–H and O–H groups in total. The third kappa shape index (κ3) is 4.74. The molecule has 0 spiro atoms. The van der Waals surface area contributed by atoms with Crippen molar-refractivity contribution in [1.29, 1.82) is 0 Å². The number of carbonyl (C=O) groups is 2.